The molecule has 0 spiro atoms. The fourth-order valence-corrected chi connectivity index (χ4v) is 3.41. The Bertz CT molecular complexity index is 748. The average molecular weight is 382 g/mol. The van der Waals surface area contributed by atoms with E-state index in [1.807, 2.05) is 29.2 Å². The third-order valence-corrected chi connectivity index (χ3v) is 5.36. The maximum atomic E-state index is 12.5. The lowest BCUT2D eigenvalue weighted by molar-refractivity contribution is 0.148. The Hall–Kier alpha value is -2.53. The Morgan fingerprint density at radius 2 is 1.64 bits per heavy atom. The van der Waals surface area contributed by atoms with Crippen molar-refractivity contribution in [2.75, 3.05) is 45.2 Å². The third-order valence-electron chi connectivity index (χ3n) is 5.36. The van der Waals surface area contributed by atoms with E-state index in [4.69, 9.17) is 4.74 Å². The van der Waals surface area contributed by atoms with Gasteiger partial charge in [0, 0.05) is 38.4 Å². The maximum Gasteiger partial charge on any atom is 0.321 e. The summed E-state index contributed by atoms with van der Waals surface area (Å²) in [5.74, 6) is 1.39. The van der Waals surface area contributed by atoms with Gasteiger partial charge < -0.3 is 15.0 Å². The van der Waals surface area contributed by atoms with Gasteiger partial charge in [0.25, 0.3) is 0 Å². The zero-order valence-corrected chi connectivity index (χ0v) is 17.1. The molecule has 0 aromatic heterocycles. The van der Waals surface area contributed by atoms with Gasteiger partial charge in [-0.3, -0.25) is 4.90 Å². The number of hydrogen-bond donors (Lipinski definition) is 1. The van der Waals surface area contributed by atoms with Gasteiger partial charge >= 0.3 is 6.03 Å². The highest BCUT2D eigenvalue weighted by Crippen LogP contribution is 2.18. The Labute approximate surface area is 168 Å². The minimum atomic E-state index is -0.00731. The second-order valence-corrected chi connectivity index (χ2v) is 7.63. The van der Waals surface area contributed by atoms with Crippen molar-refractivity contribution in [2.45, 2.75) is 26.2 Å². The van der Waals surface area contributed by atoms with Crippen LogP contribution in [0, 0.1) is 0 Å². The van der Waals surface area contributed by atoms with Crippen molar-refractivity contribution in [3.05, 3.63) is 59.7 Å². The molecule has 5 nitrogen and oxygen atoms in total. The summed E-state index contributed by atoms with van der Waals surface area (Å²) in [5.41, 5.74) is 3.45. The molecule has 0 saturated carbocycles. The van der Waals surface area contributed by atoms with E-state index in [2.05, 4.69) is 48.3 Å². The second-order valence-electron chi connectivity index (χ2n) is 7.63. The van der Waals surface area contributed by atoms with Gasteiger partial charge in [0.05, 0.1) is 7.11 Å². The normalized spacial score (nSPS) is 14.9. The SMILES string of the molecule is COc1ccc(CCN2CCN(C(=O)Nc3ccc(C(C)C)cc3)CC2)cc1. The molecular weight excluding hydrogens is 350 g/mol. The van der Waals surface area contributed by atoms with Crippen molar-refractivity contribution in [2.24, 2.45) is 0 Å². The monoisotopic (exact) mass is 381 g/mol. The molecule has 3 rings (SSSR count). The molecule has 1 aliphatic rings. The molecule has 0 radical (unpaired) electrons. The molecule has 2 aromatic carbocycles. The average Bonchev–Trinajstić information content (AvgIpc) is 2.73. The number of ether oxygens (including phenoxy) is 1. The molecule has 1 heterocycles. The smallest absolute Gasteiger partial charge is 0.321 e. The molecule has 5 heteroatoms. The van der Waals surface area contributed by atoms with Gasteiger partial charge in [-0.2, -0.15) is 0 Å². The number of rotatable bonds is 6. The summed E-state index contributed by atoms with van der Waals surface area (Å²) in [4.78, 5) is 16.8. The zero-order chi connectivity index (χ0) is 19.9. The molecule has 0 bridgehead atoms. The second kappa shape index (κ2) is 9.60. The summed E-state index contributed by atoms with van der Waals surface area (Å²) in [6.07, 6.45) is 1.01. The summed E-state index contributed by atoms with van der Waals surface area (Å²) in [6.45, 7) is 8.70. The predicted molar refractivity (Wildman–Crippen MR) is 114 cm³/mol. The van der Waals surface area contributed by atoms with Crippen molar-refractivity contribution in [1.82, 2.24) is 9.80 Å². The number of urea groups is 1. The lowest BCUT2D eigenvalue weighted by Gasteiger charge is -2.34. The molecule has 0 unspecified atom stereocenters. The van der Waals surface area contributed by atoms with E-state index >= 15 is 0 Å². The van der Waals surface area contributed by atoms with E-state index in [9.17, 15) is 4.79 Å². The quantitative estimate of drug-likeness (QED) is 0.815. The van der Waals surface area contributed by atoms with E-state index in [-0.39, 0.29) is 6.03 Å². The van der Waals surface area contributed by atoms with Gasteiger partial charge in [-0.15, -0.1) is 0 Å². The number of benzene rings is 2. The predicted octanol–water partition coefficient (Wildman–Crippen LogP) is 4.21. The first-order valence-electron chi connectivity index (χ1n) is 10.1. The molecule has 150 valence electrons. The minimum absolute atomic E-state index is 0.00731. The van der Waals surface area contributed by atoms with Gasteiger partial charge in [-0.1, -0.05) is 38.1 Å². The number of anilines is 1. The number of nitrogens with zero attached hydrogens (tertiary/aromatic N) is 2. The van der Waals surface area contributed by atoms with Gasteiger partial charge in [0.15, 0.2) is 0 Å². The Balaban J connectivity index is 1.42. The highest BCUT2D eigenvalue weighted by Gasteiger charge is 2.21. The first-order valence-corrected chi connectivity index (χ1v) is 10.1. The van der Waals surface area contributed by atoms with Gasteiger partial charge in [-0.05, 0) is 47.7 Å². The molecule has 0 aliphatic carbocycles. The van der Waals surface area contributed by atoms with Crippen LogP contribution >= 0.6 is 0 Å². The van der Waals surface area contributed by atoms with Crippen LogP contribution in [0.4, 0.5) is 10.5 Å². The van der Waals surface area contributed by atoms with Crippen LogP contribution in [0.15, 0.2) is 48.5 Å². The van der Waals surface area contributed by atoms with Gasteiger partial charge in [0.1, 0.15) is 5.75 Å². The Kier molecular flexibility index (Phi) is 6.93. The number of carbonyl (C=O) groups is 1. The highest BCUT2D eigenvalue weighted by molar-refractivity contribution is 5.89. The molecule has 1 aliphatic heterocycles. The van der Waals surface area contributed by atoms with Crippen LogP contribution in [0.5, 0.6) is 5.75 Å². The first-order chi connectivity index (χ1) is 13.5. The van der Waals surface area contributed by atoms with Crippen molar-refractivity contribution in [1.29, 1.82) is 0 Å². The lowest BCUT2D eigenvalue weighted by atomic mass is 10.0. The molecule has 2 aromatic rings. The van der Waals surface area contributed by atoms with Crippen molar-refractivity contribution in [3.63, 3.8) is 0 Å². The largest absolute Gasteiger partial charge is 0.497 e. The summed E-state index contributed by atoms with van der Waals surface area (Å²) in [7, 11) is 1.69. The highest BCUT2D eigenvalue weighted by atomic mass is 16.5. The molecule has 1 saturated heterocycles. The number of methoxy groups -OCH3 is 1. The van der Waals surface area contributed by atoms with Crippen LogP contribution in [-0.4, -0.2) is 55.7 Å². The van der Waals surface area contributed by atoms with Crippen molar-refractivity contribution < 1.29 is 9.53 Å². The molecule has 1 fully saturated rings. The fourth-order valence-electron chi connectivity index (χ4n) is 3.41. The van der Waals surface area contributed by atoms with Crippen LogP contribution in [0.1, 0.15) is 30.9 Å². The van der Waals surface area contributed by atoms with Crippen LogP contribution in [0.2, 0.25) is 0 Å². The fraction of sp³-hybridized carbons (Fsp3) is 0.435. The number of nitrogens with one attached hydrogen (secondary N) is 1. The van der Waals surface area contributed by atoms with Crippen LogP contribution in [0.25, 0.3) is 0 Å². The van der Waals surface area contributed by atoms with E-state index in [0.29, 0.717) is 5.92 Å². The van der Waals surface area contributed by atoms with E-state index in [0.717, 1.165) is 50.6 Å². The molecule has 1 N–H and O–H groups in total. The van der Waals surface area contributed by atoms with E-state index in [1.54, 1.807) is 7.11 Å². The summed E-state index contributed by atoms with van der Waals surface area (Å²) in [5, 5.41) is 3.02. The van der Waals surface area contributed by atoms with Crippen LogP contribution in [-0.2, 0) is 6.42 Å². The number of piperazine rings is 1. The van der Waals surface area contributed by atoms with E-state index < -0.39 is 0 Å². The Morgan fingerprint density at radius 3 is 2.21 bits per heavy atom. The van der Waals surface area contributed by atoms with Crippen LogP contribution < -0.4 is 10.1 Å². The molecule has 28 heavy (non-hydrogen) atoms. The third kappa shape index (κ3) is 5.49. The van der Waals surface area contributed by atoms with Gasteiger partial charge in [-0.25, -0.2) is 4.79 Å². The summed E-state index contributed by atoms with van der Waals surface area (Å²) < 4.78 is 5.20. The molecular formula is C23H31N3O2. The lowest BCUT2D eigenvalue weighted by Crippen LogP contribution is -2.50. The zero-order valence-electron chi connectivity index (χ0n) is 17.1. The Morgan fingerprint density at radius 1 is 1.00 bits per heavy atom. The number of amides is 2. The summed E-state index contributed by atoms with van der Waals surface area (Å²) in [6, 6.07) is 16.4. The molecule has 2 amide bonds. The topological polar surface area (TPSA) is 44.8 Å². The number of hydrogen-bond acceptors (Lipinski definition) is 3. The van der Waals surface area contributed by atoms with Crippen LogP contribution in [0.3, 0.4) is 0 Å². The standard InChI is InChI=1S/C23H31N3O2/c1-18(2)20-6-8-21(9-7-20)24-23(27)26-16-14-25(15-17-26)13-12-19-4-10-22(28-3)11-5-19/h4-11,18H,12-17H2,1-3H3,(H,24,27). The minimum Gasteiger partial charge on any atom is -0.497 e. The van der Waals surface area contributed by atoms with Crippen molar-refractivity contribution in [3.8, 4) is 5.75 Å². The van der Waals surface area contributed by atoms with E-state index in [1.165, 1.54) is 11.1 Å². The van der Waals surface area contributed by atoms with Crippen molar-refractivity contribution >= 4 is 11.7 Å². The van der Waals surface area contributed by atoms with Gasteiger partial charge in [0.2, 0.25) is 0 Å². The number of carbonyl (C=O) groups excluding carboxylic acids is 1. The maximum absolute atomic E-state index is 12.5. The first kappa shape index (κ1) is 20.2. The molecule has 0 atom stereocenters. The summed E-state index contributed by atoms with van der Waals surface area (Å²) >= 11 is 0.